The number of rotatable bonds is 6. The van der Waals surface area contributed by atoms with E-state index in [1.807, 2.05) is 27.1 Å². The van der Waals surface area contributed by atoms with E-state index in [1.165, 1.54) is 4.88 Å². The van der Waals surface area contributed by atoms with Gasteiger partial charge in [0.05, 0.1) is 13.1 Å². The molecule has 0 unspecified atom stereocenters. The number of nitrogens with one attached hydrogen (secondary N) is 2. The fraction of sp³-hybridized carbons (Fsp3) is 0.706. The summed E-state index contributed by atoms with van der Waals surface area (Å²) in [6, 6.07) is 0.191. The number of piperazine rings is 1. The highest BCUT2D eigenvalue weighted by Crippen LogP contribution is 2.13. The molecule has 2 heterocycles. The van der Waals surface area contributed by atoms with Crippen LogP contribution in [-0.2, 0) is 17.8 Å². The Labute approximate surface area is 154 Å². The number of hydrogen-bond acceptors (Lipinski definition) is 5. The van der Waals surface area contributed by atoms with Crippen LogP contribution in [0.5, 0.6) is 0 Å². The third kappa shape index (κ3) is 6.28. The number of nitrogens with zero attached hydrogens (tertiary/aromatic N) is 4. The molecule has 2 N–H and O–H groups in total. The quantitative estimate of drug-likeness (QED) is 0.579. The molecule has 1 aromatic rings. The summed E-state index contributed by atoms with van der Waals surface area (Å²) >= 11 is 1.74. The van der Waals surface area contributed by atoms with Crippen molar-refractivity contribution >= 4 is 23.2 Å². The zero-order chi connectivity index (χ0) is 18.2. The van der Waals surface area contributed by atoms with Crippen LogP contribution < -0.4 is 10.6 Å². The average Bonchev–Trinajstić information content (AvgIpc) is 3.04. The third-order valence-corrected chi connectivity index (χ3v) is 5.19. The zero-order valence-electron chi connectivity index (χ0n) is 15.7. The summed E-state index contributed by atoms with van der Waals surface area (Å²) in [6.07, 6.45) is 2.98. The first-order chi connectivity index (χ1) is 12.0. The number of thiazole rings is 1. The van der Waals surface area contributed by atoms with Crippen molar-refractivity contribution in [3.8, 4) is 0 Å². The molecule has 0 saturated carbocycles. The molecule has 2 rings (SSSR count). The van der Waals surface area contributed by atoms with Gasteiger partial charge in [-0.2, -0.15) is 0 Å². The molecule has 0 spiro atoms. The van der Waals surface area contributed by atoms with Gasteiger partial charge in [-0.05, 0) is 20.3 Å². The number of amides is 1. The highest BCUT2D eigenvalue weighted by molar-refractivity contribution is 7.11. The Balaban J connectivity index is 1.76. The van der Waals surface area contributed by atoms with Crippen LogP contribution in [0.1, 0.15) is 30.7 Å². The van der Waals surface area contributed by atoms with E-state index in [0.717, 1.165) is 43.6 Å². The molecule has 0 atom stereocenters. The highest BCUT2D eigenvalue weighted by atomic mass is 32.1. The maximum Gasteiger partial charge on any atom is 0.234 e. The van der Waals surface area contributed by atoms with Gasteiger partial charge in [-0.1, -0.05) is 6.92 Å². The van der Waals surface area contributed by atoms with Crippen LogP contribution in [0.4, 0.5) is 0 Å². The SMILES string of the molecule is CCc1cnc(CNC(=NC)N2CCN(CC(=O)NC(C)C)CC2)s1. The molecule has 1 aliphatic heterocycles. The lowest BCUT2D eigenvalue weighted by molar-refractivity contribution is -0.123. The van der Waals surface area contributed by atoms with Gasteiger partial charge in [0.15, 0.2) is 5.96 Å². The standard InChI is InChI=1S/C17H30N6OS/c1-5-14-10-19-16(25-14)11-20-17(18-4)23-8-6-22(7-9-23)12-15(24)21-13(2)3/h10,13H,5-9,11-12H2,1-4H3,(H,18,20)(H,21,24). The molecule has 1 aromatic heterocycles. The van der Waals surface area contributed by atoms with Crippen LogP contribution in [0, 0.1) is 0 Å². The Hall–Kier alpha value is -1.67. The summed E-state index contributed by atoms with van der Waals surface area (Å²) in [5, 5.41) is 7.43. The lowest BCUT2D eigenvalue weighted by atomic mass is 10.3. The molecule has 140 valence electrons. The van der Waals surface area contributed by atoms with E-state index in [9.17, 15) is 4.79 Å². The molecule has 1 fully saturated rings. The minimum Gasteiger partial charge on any atom is -0.353 e. The van der Waals surface area contributed by atoms with Crippen molar-refractivity contribution in [3.63, 3.8) is 0 Å². The minimum absolute atomic E-state index is 0.0986. The second-order valence-electron chi connectivity index (χ2n) is 6.46. The summed E-state index contributed by atoms with van der Waals surface area (Å²) in [7, 11) is 1.81. The number of aliphatic imine (C=N–C) groups is 1. The second kappa shape index (κ2) is 9.72. The van der Waals surface area contributed by atoms with Crippen molar-refractivity contribution in [1.29, 1.82) is 0 Å². The molecule has 8 heteroatoms. The van der Waals surface area contributed by atoms with E-state index >= 15 is 0 Å². The third-order valence-electron chi connectivity index (χ3n) is 4.05. The van der Waals surface area contributed by atoms with E-state index in [1.54, 1.807) is 11.3 Å². The topological polar surface area (TPSA) is 72.9 Å². The smallest absolute Gasteiger partial charge is 0.234 e. The molecular weight excluding hydrogens is 336 g/mol. The van der Waals surface area contributed by atoms with E-state index in [4.69, 9.17) is 0 Å². The fourth-order valence-electron chi connectivity index (χ4n) is 2.77. The van der Waals surface area contributed by atoms with Crippen molar-refractivity contribution in [2.45, 2.75) is 39.8 Å². The number of carbonyl (C=O) groups is 1. The Morgan fingerprint density at radius 1 is 1.36 bits per heavy atom. The summed E-state index contributed by atoms with van der Waals surface area (Å²) in [6.45, 7) is 10.7. The number of guanidine groups is 1. The minimum atomic E-state index is 0.0986. The molecule has 0 radical (unpaired) electrons. The van der Waals surface area contributed by atoms with Crippen LogP contribution >= 0.6 is 11.3 Å². The zero-order valence-corrected chi connectivity index (χ0v) is 16.5. The predicted molar refractivity (Wildman–Crippen MR) is 103 cm³/mol. The van der Waals surface area contributed by atoms with E-state index in [0.29, 0.717) is 13.1 Å². The van der Waals surface area contributed by atoms with Gasteiger partial charge in [0.1, 0.15) is 5.01 Å². The first-order valence-corrected chi connectivity index (χ1v) is 9.74. The lowest BCUT2D eigenvalue weighted by Crippen LogP contribution is -2.54. The first-order valence-electron chi connectivity index (χ1n) is 8.92. The Bertz CT molecular complexity index is 577. The van der Waals surface area contributed by atoms with Gasteiger partial charge in [-0.15, -0.1) is 11.3 Å². The van der Waals surface area contributed by atoms with Crippen molar-refractivity contribution in [1.82, 2.24) is 25.4 Å². The van der Waals surface area contributed by atoms with Crippen LogP contribution in [0.3, 0.4) is 0 Å². The number of aromatic nitrogens is 1. The molecule has 7 nitrogen and oxygen atoms in total. The monoisotopic (exact) mass is 366 g/mol. The van der Waals surface area contributed by atoms with E-state index < -0.39 is 0 Å². The van der Waals surface area contributed by atoms with Gasteiger partial charge in [0.25, 0.3) is 0 Å². The van der Waals surface area contributed by atoms with Crippen LogP contribution in [-0.4, -0.2) is 72.5 Å². The molecule has 1 saturated heterocycles. The molecule has 25 heavy (non-hydrogen) atoms. The average molecular weight is 367 g/mol. The Kier molecular flexibility index (Phi) is 7.64. The van der Waals surface area contributed by atoms with Crippen LogP contribution in [0.25, 0.3) is 0 Å². The highest BCUT2D eigenvalue weighted by Gasteiger charge is 2.21. The Morgan fingerprint density at radius 2 is 2.08 bits per heavy atom. The Morgan fingerprint density at radius 3 is 2.64 bits per heavy atom. The maximum atomic E-state index is 11.9. The summed E-state index contributed by atoms with van der Waals surface area (Å²) < 4.78 is 0. The molecule has 0 aromatic carbocycles. The number of carbonyl (C=O) groups excluding carboxylic acids is 1. The van der Waals surface area contributed by atoms with Gasteiger partial charge in [0, 0.05) is 50.3 Å². The van der Waals surface area contributed by atoms with E-state index in [2.05, 4.69) is 37.3 Å². The van der Waals surface area contributed by atoms with Gasteiger partial charge >= 0.3 is 0 Å². The van der Waals surface area contributed by atoms with E-state index in [-0.39, 0.29) is 11.9 Å². The molecule has 1 aliphatic rings. The summed E-state index contributed by atoms with van der Waals surface area (Å²) in [4.78, 5) is 26.4. The van der Waals surface area contributed by atoms with Gasteiger partial charge in [0.2, 0.25) is 5.91 Å². The lowest BCUT2D eigenvalue weighted by Gasteiger charge is -2.36. The normalized spacial score (nSPS) is 16.4. The summed E-state index contributed by atoms with van der Waals surface area (Å²) in [5.41, 5.74) is 0. The molecule has 0 aliphatic carbocycles. The molecule has 1 amide bonds. The second-order valence-corrected chi connectivity index (χ2v) is 7.66. The van der Waals surface area contributed by atoms with Gasteiger partial charge in [-0.25, -0.2) is 4.98 Å². The maximum absolute atomic E-state index is 11.9. The number of aryl methyl sites for hydroxylation is 1. The fourth-order valence-corrected chi connectivity index (χ4v) is 3.57. The molecule has 0 bridgehead atoms. The molecular formula is C17H30N6OS. The van der Waals surface area contributed by atoms with Crippen LogP contribution in [0.2, 0.25) is 0 Å². The van der Waals surface area contributed by atoms with Crippen molar-refractivity contribution in [2.75, 3.05) is 39.8 Å². The van der Waals surface area contributed by atoms with Crippen molar-refractivity contribution in [2.24, 2.45) is 4.99 Å². The van der Waals surface area contributed by atoms with Crippen molar-refractivity contribution < 1.29 is 4.79 Å². The number of hydrogen-bond donors (Lipinski definition) is 2. The predicted octanol–water partition coefficient (Wildman–Crippen LogP) is 0.923. The van der Waals surface area contributed by atoms with Gasteiger partial charge < -0.3 is 15.5 Å². The van der Waals surface area contributed by atoms with Crippen molar-refractivity contribution in [3.05, 3.63) is 16.1 Å². The largest absolute Gasteiger partial charge is 0.353 e. The van der Waals surface area contributed by atoms with Crippen LogP contribution in [0.15, 0.2) is 11.2 Å². The summed E-state index contributed by atoms with van der Waals surface area (Å²) in [5.74, 6) is 1.00. The first kappa shape index (κ1) is 19.7. The van der Waals surface area contributed by atoms with Gasteiger partial charge in [-0.3, -0.25) is 14.7 Å².